The topological polar surface area (TPSA) is 42.0 Å². The lowest BCUT2D eigenvalue weighted by molar-refractivity contribution is -0.131. The van der Waals surface area contributed by atoms with Crippen molar-refractivity contribution in [3.05, 3.63) is 53.8 Å². The first-order valence-electron chi connectivity index (χ1n) is 9.10. The Morgan fingerprint density at radius 3 is 2.33 bits per heavy atom. The summed E-state index contributed by atoms with van der Waals surface area (Å²) >= 11 is 0. The van der Waals surface area contributed by atoms with E-state index in [1.807, 2.05) is 23.1 Å². The van der Waals surface area contributed by atoms with Crippen molar-refractivity contribution in [2.45, 2.75) is 12.8 Å². The first-order valence-corrected chi connectivity index (χ1v) is 9.10. The molecule has 1 amide bonds. The van der Waals surface area contributed by atoms with Crippen LogP contribution in [-0.4, -0.2) is 51.2 Å². The van der Waals surface area contributed by atoms with Crippen molar-refractivity contribution in [2.75, 3.05) is 45.3 Å². The molecule has 0 N–H and O–H groups in total. The number of benzene rings is 2. The average Bonchev–Trinajstić information content (AvgIpc) is 2.72. The van der Waals surface area contributed by atoms with Crippen molar-refractivity contribution >= 4 is 11.6 Å². The summed E-state index contributed by atoms with van der Waals surface area (Å²) in [4.78, 5) is 16.7. The average molecular weight is 372 g/mol. The van der Waals surface area contributed by atoms with Crippen LogP contribution in [0.4, 0.5) is 10.1 Å². The molecule has 0 radical (unpaired) electrons. The number of hydrogen-bond donors (Lipinski definition) is 0. The van der Waals surface area contributed by atoms with Gasteiger partial charge in [-0.1, -0.05) is 12.1 Å². The Balaban J connectivity index is 1.54. The maximum atomic E-state index is 13.1. The molecule has 144 valence electrons. The molecule has 0 aromatic heterocycles. The molecule has 1 aliphatic rings. The Morgan fingerprint density at radius 1 is 1.00 bits per heavy atom. The van der Waals surface area contributed by atoms with Gasteiger partial charge < -0.3 is 19.3 Å². The first-order chi connectivity index (χ1) is 13.1. The summed E-state index contributed by atoms with van der Waals surface area (Å²) < 4.78 is 23.8. The standard InChI is InChI=1S/C21H25FN2O3/c1-26-19-5-3-4-16(21(19)27-2)6-11-20(25)24-14-12-23(13-15-24)18-9-7-17(22)8-10-18/h3-5,7-10H,6,11-15H2,1-2H3. The quantitative estimate of drug-likeness (QED) is 0.781. The van der Waals surface area contributed by atoms with Crippen LogP contribution in [0.25, 0.3) is 0 Å². The van der Waals surface area contributed by atoms with Crippen LogP contribution in [0.15, 0.2) is 42.5 Å². The number of aryl methyl sites for hydroxylation is 1. The molecule has 1 heterocycles. The van der Waals surface area contributed by atoms with Crippen molar-refractivity contribution in [1.29, 1.82) is 0 Å². The number of nitrogens with zero attached hydrogens (tertiary/aromatic N) is 2. The van der Waals surface area contributed by atoms with Gasteiger partial charge in [-0.15, -0.1) is 0 Å². The highest BCUT2D eigenvalue weighted by molar-refractivity contribution is 5.77. The molecule has 0 bridgehead atoms. The SMILES string of the molecule is COc1cccc(CCC(=O)N2CCN(c3ccc(F)cc3)CC2)c1OC. The number of carbonyl (C=O) groups is 1. The van der Waals surface area contributed by atoms with Crippen LogP contribution in [0, 0.1) is 5.82 Å². The number of rotatable bonds is 6. The van der Waals surface area contributed by atoms with E-state index >= 15 is 0 Å². The number of ether oxygens (including phenoxy) is 2. The van der Waals surface area contributed by atoms with Crippen LogP contribution >= 0.6 is 0 Å². The number of halogens is 1. The highest BCUT2D eigenvalue weighted by Crippen LogP contribution is 2.31. The minimum atomic E-state index is -0.236. The molecule has 1 fully saturated rings. The lowest BCUT2D eigenvalue weighted by atomic mass is 10.1. The van der Waals surface area contributed by atoms with Gasteiger partial charge in [0, 0.05) is 38.3 Å². The van der Waals surface area contributed by atoms with Gasteiger partial charge in [0.2, 0.25) is 5.91 Å². The number of amides is 1. The Bertz CT molecular complexity index is 771. The Labute approximate surface area is 159 Å². The third kappa shape index (κ3) is 4.51. The molecular weight excluding hydrogens is 347 g/mol. The summed E-state index contributed by atoms with van der Waals surface area (Å²) in [5.74, 6) is 1.27. The van der Waals surface area contributed by atoms with Crippen LogP contribution in [0.1, 0.15) is 12.0 Å². The van der Waals surface area contributed by atoms with Crippen LogP contribution in [-0.2, 0) is 11.2 Å². The second-order valence-corrected chi connectivity index (χ2v) is 6.50. The van der Waals surface area contributed by atoms with E-state index in [1.165, 1.54) is 12.1 Å². The molecule has 1 saturated heterocycles. The lowest BCUT2D eigenvalue weighted by Gasteiger charge is -2.36. The Kier molecular flexibility index (Phi) is 6.16. The van der Waals surface area contributed by atoms with Gasteiger partial charge in [0.15, 0.2) is 11.5 Å². The second kappa shape index (κ2) is 8.75. The first kappa shape index (κ1) is 19.0. The van der Waals surface area contributed by atoms with Crippen LogP contribution in [0.2, 0.25) is 0 Å². The predicted octanol–water partition coefficient (Wildman–Crippen LogP) is 3.12. The minimum Gasteiger partial charge on any atom is -0.493 e. The van der Waals surface area contributed by atoms with E-state index < -0.39 is 0 Å². The molecule has 0 spiro atoms. The molecule has 0 saturated carbocycles. The molecule has 1 aliphatic heterocycles. The van der Waals surface area contributed by atoms with E-state index in [0.717, 1.165) is 24.3 Å². The van der Waals surface area contributed by atoms with Crippen LogP contribution < -0.4 is 14.4 Å². The zero-order chi connectivity index (χ0) is 19.2. The van der Waals surface area contributed by atoms with E-state index in [-0.39, 0.29) is 11.7 Å². The van der Waals surface area contributed by atoms with E-state index in [1.54, 1.807) is 26.4 Å². The fourth-order valence-corrected chi connectivity index (χ4v) is 3.42. The summed E-state index contributed by atoms with van der Waals surface area (Å²) in [6, 6.07) is 12.2. The van der Waals surface area contributed by atoms with E-state index in [9.17, 15) is 9.18 Å². The zero-order valence-electron chi connectivity index (χ0n) is 15.8. The summed E-state index contributed by atoms with van der Waals surface area (Å²) in [7, 11) is 3.21. The highest BCUT2D eigenvalue weighted by Gasteiger charge is 2.21. The third-order valence-electron chi connectivity index (χ3n) is 4.92. The monoisotopic (exact) mass is 372 g/mol. The molecule has 27 heavy (non-hydrogen) atoms. The summed E-state index contributed by atoms with van der Waals surface area (Å²) in [6.07, 6.45) is 1.04. The molecule has 5 nitrogen and oxygen atoms in total. The number of methoxy groups -OCH3 is 2. The van der Waals surface area contributed by atoms with Gasteiger partial charge in [-0.2, -0.15) is 0 Å². The van der Waals surface area contributed by atoms with Gasteiger partial charge >= 0.3 is 0 Å². The number of para-hydroxylation sites is 1. The van der Waals surface area contributed by atoms with Gasteiger partial charge in [0.05, 0.1) is 14.2 Å². The molecule has 2 aromatic rings. The number of carbonyl (C=O) groups excluding carboxylic acids is 1. The van der Waals surface area contributed by atoms with Gasteiger partial charge in [-0.25, -0.2) is 4.39 Å². The van der Waals surface area contributed by atoms with Gasteiger partial charge in [-0.3, -0.25) is 4.79 Å². The van der Waals surface area contributed by atoms with Crippen molar-refractivity contribution in [1.82, 2.24) is 4.90 Å². The van der Waals surface area contributed by atoms with E-state index in [4.69, 9.17) is 9.47 Å². The molecule has 2 aromatic carbocycles. The smallest absolute Gasteiger partial charge is 0.223 e. The third-order valence-corrected chi connectivity index (χ3v) is 4.92. The molecule has 0 unspecified atom stereocenters. The number of anilines is 1. The fourth-order valence-electron chi connectivity index (χ4n) is 3.42. The number of piperazine rings is 1. The predicted molar refractivity (Wildman–Crippen MR) is 103 cm³/mol. The zero-order valence-corrected chi connectivity index (χ0v) is 15.8. The molecular formula is C21H25FN2O3. The van der Waals surface area contributed by atoms with Crippen molar-refractivity contribution < 1.29 is 18.7 Å². The largest absolute Gasteiger partial charge is 0.493 e. The minimum absolute atomic E-state index is 0.138. The fraction of sp³-hybridized carbons (Fsp3) is 0.381. The maximum Gasteiger partial charge on any atom is 0.223 e. The van der Waals surface area contributed by atoms with E-state index in [0.29, 0.717) is 37.4 Å². The summed E-state index contributed by atoms with van der Waals surface area (Å²) in [5.41, 5.74) is 1.96. The van der Waals surface area contributed by atoms with Crippen LogP contribution in [0.3, 0.4) is 0 Å². The van der Waals surface area contributed by atoms with Crippen LogP contribution in [0.5, 0.6) is 11.5 Å². The highest BCUT2D eigenvalue weighted by atomic mass is 19.1. The van der Waals surface area contributed by atoms with Crippen molar-refractivity contribution in [3.63, 3.8) is 0 Å². The summed E-state index contributed by atoms with van der Waals surface area (Å²) in [5, 5.41) is 0. The number of hydrogen-bond acceptors (Lipinski definition) is 4. The van der Waals surface area contributed by atoms with E-state index in [2.05, 4.69) is 4.90 Å². The van der Waals surface area contributed by atoms with Gasteiger partial charge in [-0.05, 0) is 42.3 Å². The van der Waals surface area contributed by atoms with Gasteiger partial charge in [0.1, 0.15) is 5.82 Å². The summed E-state index contributed by atoms with van der Waals surface area (Å²) in [6.45, 7) is 2.84. The Morgan fingerprint density at radius 2 is 1.70 bits per heavy atom. The van der Waals surface area contributed by atoms with Gasteiger partial charge in [0.25, 0.3) is 0 Å². The molecule has 3 rings (SSSR count). The van der Waals surface area contributed by atoms with Crippen molar-refractivity contribution in [3.8, 4) is 11.5 Å². The lowest BCUT2D eigenvalue weighted by Crippen LogP contribution is -2.48. The molecule has 0 atom stereocenters. The van der Waals surface area contributed by atoms with Crippen molar-refractivity contribution in [2.24, 2.45) is 0 Å². The molecule has 6 heteroatoms. The normalized spacial score (nSPS) is 14.2. The Hall–Kier alpha value is -2.76. The maximum absolute atomic E-state index is 13.1. The molecule has 0 aliphatic carbocycles. The second-order valence-electron chi connectivity index (χ2n) is 6.50.